The number of aromatic nitrogens is 1. The molecule has 8 nitrogen and oxygen atoms in total. The highest BCUT2D eigenvalue weighted by Crippen LogP contribution is 2.32. The quantitative estimate of drug-likeness (QED) is 0.522. The Labute approximate surface area is 211 Å². The van der Waals surface area contributed by atoms with Gasteiger partial charge in [0.05, 0.1) is 12.7 Å². The zero-order valence-electron chi connectivity index (χ0n) is 19.1. The van der Waals surface area contributed by atoms with Crippen LogP contribution in [-0.2, 0) is 32.2 Å². The zero-order chi connectivity index (χ0) is 27.6. The number of ether oxygens (including phenoxy) is 2. The van der Waals surface area contributed by atoms with Crippen LogP contribution in [0.5, 0.6) is 0 Å². The number of carboxylic acids is 2. The van der Waals surface area contributed by atoms with E-state index in [1.807, 2.05) is 12.3 Å². The van der Waals surface area contributed by atoms with Crippen LogP contribution in [0.3, 0.4) is 0 Å². The van der Waals surface area contributed by atoms with Gasteiger partial charge in [0.25, 0.3) is 0 Å². The predicted molar refractivity (Wildman–Crippen MR) is 118 cm³/mol. The molecule has 15 heteroatoms. The van der Waals surface area contributed by atoms with E-state index < -0.39 is 24.3 Å². The lowest BCUT2D eigenvalue weighted by Crippen LogP contribution is -2.41. The topological polar surface area (TPSA) is 109 Å². The van der Waals surface area contributed by atoms with Crippen molar-refractivity contribution in [1.29, 1.82) is 0 Å². The van der Waals surface area contributed by atoms with E-state index in [9.17, 15) is 26.3 Å². The van der Waals surface area contributed by atoms with Crippen LogP contribution in [0, 0.1) is 0 Å². The number of thiophene rings is 1. The molecule has 0 bridgehead atoms. The summed E-state index contributed by atoms with van der Waals surface area (Å²) >= 11 is 1.76. The first-order chi connectivity index (χ1) is 17.3. The van der Waals surface area contributed by atoms with Crippen molar-refractivity contribution in [2.75, 3.05) is 13.2 Å². The van der Waals surface area contributed by atoms with Crippen LogP contribution in [0.2, 0.25) is 0 Å². The summed E-state index contributed by atoms with van der Waals surface area (Å²) in [5.74, 6) is -5.51. The number of carbonyl (C=O) groups is 2. The third-order valence-electron chi connectivity index (χ3n) is 5.22. The maximum Gasteiger partial charge on any atom is 0.490 e. The highest BCUT2D eigenvalue weighted by atomic mass is 32.1. The fraction of sp³-hybridized carbons (Fsp3) is 0.500. The molecule has 2 aliphatic heterocycles. The van der Waals surface area contributed by atoms with Gasteiger partial charge in [0.1, 0.15) is 6.10 Å². The molecular weight excluding hydrogens is 534 g/mol. The molecule has 206 valence electrons. The summed E-state index contributed by atoms with van der Waals surface area (Å²) in [6, 6.07) is 6.72. The van der Waals surface area contributed by atoms with Gasteiger partial charge in [0.2, 0.25) is 0 Å². The van der Waals surface area contributed by atoms with Gasteiger partial charge in [-0.1, -0.05) is 6.07 Å². The van der Waals surface area contributed by atoms with E-state index in [0.717, 1.165) is 31.7 Å². The van der Waals surface area contributed by atoms with Crippen molar-refractivity contribution in [2.24, 2.45) is 0 Å². The van der Waals surface area contributed by atoms with Gasteiger partial charge in [-0.25, -0.2) is 9.59 Å². The number of halogens is 6. The van der Waals surface area contributed by atoms with Crippen LogP contribution < -0.4 is 0 Å². The summed E-state index contributed by atoms with van der Waals surface area (Å²) in [4.78, 5) is 24.5. The number of aliphatic carboxylic acids is 2. The molecule has 2 aliphatic rings. The van der Waals surface area contributed by atoms with Gasteiger partial charge in [0, 0.05) is 38.1 Å². The average Bonchev–Trinajstić information content (AvgIpc) is 3.46. The summed E-state index contributed by atoms with van der Waals surface area (Å²) in [6.07, 6.45) is -3.78. The monoisotopic (exact) mass is 558 g/mol. The Morgan fingerprint density at radius 3 is 2.27 bits per heavy atom. The number of carboxylic acid groups (broad SMARTS) is 2. The van der Waals surface area contributed by atoms with Crippen LogP contribution >= 0.6 is 11.3 Å². The van der Waals surface area contributed by atoms with Crippen molar-refractivity contribution in [2.45, 2.75) is 56.6 Å². The molecule has 3 atom stereocenters. The minimum atomic E-state index is -5.08. The number of fused-ring (bicyclic) bond motifs is 1. The van der Waals surface area contributed by atoms with Crippen molar-refractivity contribution in [3.05, 3.63) is 52.5 Å². The molecule has 0 aliphatic carbocycles. The lowest BCUT2D eigenvalue weighted by molar-refractivity contribution is -0.193. The molecule has 0 aromatic carbocycles. The van der Waals surface area contributed by atoms with Crippen molar-refractivity contribution in [1.82, 2.24) is 9.88 Å². The minimum Gasteiger partial charge on any atom is -0.475 e. The molecule has 37 heavy (non-hydrogen) atoms. The summed E-state index contributed by atoms with van der Waals surface area (Å²) < 4.78 is 75.7. The van der Waals surface area contributed by atoms with Gasteiger partial charge in [-0.15, -0.1) is 0 Å². The Morgan fingerprint density at radius 1 is 1.11 bits per heavy atom. The van der Waals surface area contributed by atoms with E-state index >= 15 is 0 Å². The number of alkyl halides is 6. The number of likely N-dealkylation sites (tertiary alicyclic amines) is 1. The van der Waals surface area contributed by atoms with Crippen LogP contribution in [0.25, 0.3) is 0 Å². The maximum atomic E-state index is 10.6. The van der Waals surface area contributed by atoms with Gasteiger partial charge in [-0.05, 0) is 46.9 Å². The fourth-order valence-electron chi connectivity index (χ4n) is 3.64. The lowest BCUT2D eigenvalue weighted by Gasteiger charge is -2.32. The van der Waals surface area contributed by atoms with E-state index in [2.05, 4.69) is 32.8 Å². The number of hydrogen-bond acceptors (Lipinski definition) is 7. The van der Waals surface area contributed by atoms with Crippen molar-refractivity contribution in [3.63, 3.8) is 0 Å². The summed E-state index contributed by atoms with van der Waals surface area (Å²) in [7, 11) is 0. The molecule has 4 rings (SSSR count). The zero-order valence-corrected chi connectivity index (χ0v) is 19.9. The third kappa shape index (κ3) is 10.3. The second kappa shape index (κ2) is 13.7. The molecule has 0 saturated carbocycles. The van der Waals surface area contributed by atoms with Gasteiger partial charge in [0.15, 0.2) is 0 Å². The molecule has 2 fully saturated rings. The van der Waals surface area contributed by atoms with Gasteiger partial charge in [-0.3, -0.25) is 9.88 Å². The smallest absolute Gasteiger partial charge is 0.475 e. The Hall–Kier alpha value is -2.75. The van der Waals surface area contributed by atoms with E-state index in [1.54, 1.807) is 17.5 Å². The van der Waals surface area contributed by atoms with Crippen molar-refractivity contribution in [3.8, 4) is 0 Å². The molecule has 2 aromatic heterocycles. The molecule has 2 aromatic rings. The second-order valence-corrected chi connectivity index (χ2v) is 8.70. The molecule has 2 saturated heterocycles. The molecule has 4 heterocycles. The molecule has 2 N–H and O–H groups in total. The van der Waals surface area contributed by atoms with E-state index in [4.69, 9.17) is 29.3 Å². The van der Waals surface area contributed by atoms with Crippen molar-refractivity contribution >= 4 is 23.3 Å². The summed E-state index contributed by atoms with van der Waals surface area (Å²) in [5.41, 5.74) is 2.52. The number of rotatable bonds is 5. The Balaban J connectivity index is 0.000000286. The average molecular weight is 558 g/mol. The van der Waals surface area contributed by atoms with E-state index in [1.165, 1.54) is 12.0 Å². The van der Waals surface area contributed by atoms with Crippen LogP contribution in [0.15, 0.2) is 41.4 Å². The first-order valence-electron chi connectivity index (χ1n) is 10.8. The highest BCUT2D eigenvalue weighted by Gasteiger charge is 2.44. The van der Waals surface area contributed by atoms with Gasteiger partial charge >= 0.3 is 24.3 Å². The Bertz CT molecular complexity index is 950. The summed E-state index contributed by atoms with van der Waals surface area (Å²) in [6.45, 7) is 3.42. The first-order valence-corrected chi connectivity index (χ1v) is 11.7. The highest BCUT2D eigenvalue weighted by molar-refractivity contribution is 7.07. The lowest BCUT2D eigenvalue weighted by atomic mass is 10.0. The van der Waals surface area contributed by atoms with Crippen LogP contribution in [0.4, 0.5) is 26.3 Å². The molecule has 0 spiro atoms. The molecular formula is C22H24F6N2O6S. The number of pyridine rings is 1. The first kappa shape index (κ1) is 30.5. The fourth-order valence-corrected chi connectivity index (χ4v) is 4.30. The Morgan fingerprint density at radius 2 is 1.76 bits per heavy atom. The van der Waals surface area contributed by atoms with E-state index in [0.29, 0.717) is 12.6 Å². The van der Waals surface area contributed by atoms with Gasteiger partial charge < -0.3 is 19.7 Å². The SMILES string of the molecule is O=C(O)C(F)(F)F.O=C(O)C(F)(F)F.c1cncc(CO[C@@H]2CN(Cc3ccsc3)[C@H]3CCCO[C@H]23)c1. The Kier molecular flexibility index (Phi) is 11.3. The third-order valence-corrected chi connectivity index (χ3v) is 5.95. The normalized spacial score (nSPS) is 21.6. The molecule has 0 amide bonds. The number of nitrogens with zero attached hydrogens (tertiary/aromatic N) is 2. The molecule has 0 radical (unpaired) electrons. The number of hydrogen-bond donors (Lipinski definition) is 2. The van der Waals surface area contributed by atoms with Crippen molar-refractivity contribution < 1.29 is 55.6 Å². The molecule has 0 unspecified atom stereocenters. The van der Waals surface area contributed by atoms with Crippen LogP contribution in [0.1, 0.15) is 24.0 Å². The summed E-state index contributed by atoms with van der Waals surface area (Å²) in [5, 5.41) is 18.6. The van der Waals surface area contributed by atoms with E-state index in [-0.39, 0.29) is 12.2 Å². The van der Waals surface area contributed by atoms with Gasteiger partial charge in [-0.2, -0.15) is 37.7 Å². The maximum absolute atomic E-state index is 10.6. The van der Waals surface area contributed by atoms with Crippen LogP contribution in [-0.4, -0.2) is 75.8 Å². The largest absolute Gasteiger partial charge is 0.490 e. The standard InChI is InChI=1S/C18H22N2O2S.2C2HF3O2/c1-3-14(9-19-6-1)12-22-17-11-20(10-15-5-8-23-13-15)16-4-2-7-21-18(16)17;2*3-2(4,5)1(6)7/h1,3,5-6,8-9,13,16-18H,2,4,7,10-12H2;2*(H,6,7)/t16-,17+,18-;;/m0../s1. The second-order valence-electron chi connectivity index (χ2n) is 7.92. The predicted octanol–water partition coefficient (Wildman–Crippen LogP) is 4.36. The minimum absolute atomic E-state index is 0.152.